The lowest BCUT2D eigenvalue weighted by molar-refractivity contribution is 0.365. The second-order valence-corrected chi connectivity index (χ2v) is 6.40. The number of benzene rings is 2. The average Bonchev–Trinajstić information content (AvgIpc) is 2.81. The van der Waals surface area contributed by atoms with Gasteiger partial charge in [0.15, 0.2) is 0 Å². The maximum absolute atomic E-state index is 15.2. The molecule has 0 radical (unpaired) electrons. The van der Waals surface area contributed by atoms with Crippen molar-refractivity contribution < 1.29 is 8.78 Å². The third kappa shape index (κ3) is 3.02. The minimum atomic E-state index is -0.382. The molecule has 4 rings (SSSR count). The molecule has 0 saturated heterocycles. The third-order valence-electron chi connectivity index (χ3n) is 4.52. The molecule has 0 spiro atoms. The van der Waals surface area contributed by atoms with Crippen LogP contribution in [0, 0.1) is 11.6 Å². The van der Waals surface area contributed by atoms with Crippen LogP contribution >= 0.6 is 0 Å². The summed E-state index contributed by atoms with van der Waals surface area (Å²) in [4.78, 5) is 2.06. The van der Waals surface area contributed by atoms with E-state index in [0.29, 0.717) is 41.0 Å². The smallest absolute Gasteiger partial charge is 0.132 e. The molecular formula is C21H17F2N3. The summed E-state index contributed by atoms with van der Waals surface area (Å²) in [7, 11) is 1.96. The maximum atomic E-state index is 15.2. The van der Waals surface area contributed by atoms with E-state index in [4.69, 9.17) is 0 Å². The van der Waals surface area contributed by atoms with Crippen LogP contribution in [0.4, 0.5) is 8.78 Å². The third-order valence-corrected chi connectivity index (χ3v) is 4.52. The van der Waals surface area contributed by atoms with Gasteiger partial charge in [-0.1, -0.05) is 24.3 Å². The molecule has 0 amide bonds. The van der Waals surface area contributed by atoms with Crippen LogP contribution in [0.3, 0.4) is 0 Å². The van der Waals surface area contributed by atoms with Crippen molar-refractivity contribution in [1.82, 2.24) is 15.1 Å². The van der Waals surface area contributed by atoms with Crippen molar-refractivity contribution in [3.8, 4) is 11.3 Å². The standard InChI is InChI=1S/C21H17F2N3/c1-26-10-8-17(16-5-2-3-6-18(16)22)21-15(13-26)11-14(12-19(21)23)20-7-4-9-24-25-20/h2-9,11-12H,10,13H2,1H3. The van der Waals surface area contributed by atoms with Gasteiger partial charge in [0.2, 0.25) is 0 Å². The molecule has 1 aliphatic heterocycles. The summed E-state index contributed by atoms with van der Waals surface area (Å²) >= 11 is 0. The Morgan fingerprint density at radius 2 is 1.85 bits per heavy atom. The highest BCUT2D eigenvalue weighted by Crippen LogP contribution is 2.35. The summed E-state index contributed by atoms with van der Waals surface area (Å²) in [5.74, 6) is -0.736. The summed E-state index contributed by atoms with van der Waals surface area (Å²) in [6.45, 7) is 1.17. The molecule has 3 nitrogen and oxygen atoms in total. The minimum Gasteiger partial charge on any atom is -0.298 e. The molecule has 0 fully saturated rings. The molecule has 130 valence electrons. The summed E-state index contributed by atoms with van der Waals surface area (Å²) in [5.41, 5.74) is 3.53. The Morgan fingerprint density at radius 1 is 1.00 bits per heavy atom. The Bertz CT molecular complexity index is 984. The van der Waals surface area contributed by atoms with Crippen molar-refractivity contribution >= 4 is 5.57 Å². The van der Waals surface area contributed by atoms with Gasteiger partial charge in [-0.3, -0.25) is 4.90 Å². The van der Waals surface area contributed by atoms with Crippen molar-refractivity contribution in [2.45, 2.75) is 6.54 Å². The number of halogens is 2. The maximum Gasteiger partial charge on any atom is 0.132 e. The lowest BCUT2D eigenvalue weighted by Gasteiger charge is -2.16. The minimum absolute atomic E-state index is 0.355. The average molecular weight is 349 g/mol. The molecule has 26 heavy (non-hydrogen) atoms. The molecule has 0 aliphatic carbocycles. The van der Waals surface area contributed by atoms with Crippen LogP contribution in [-0.4, -0.2) is 28.7 Å². The van der Waals surface area contributed by atoms with Crippen LogP contribution in [-0.2, 0) is 6.54 Å². The second kappa shape index (κ2) is 6.77. The highest BCUT2D eigenvalue weighted by atomic mass is 19.1. The van der Waals surface area contributed by atoms with Crippen molar-refractivity contribution in [2.75, 3.05) is 13.6 Å². The highest BCUT2D eigenvalue weighted by molar-refractivity contribution is 5.83. The molecule has 3 aromatic rings. The van der Waals surface area contributed by atoms with Gasteiger partial charge in [-0.2, -0.15) is 10.2 Å². The zero-order valence-electron chi connectivity index (χ0n) is 14.3. The Hall–Kier alpha value is -2.92. The first-order valence-corrected chi connectivity index (χ1v) is 8.38. The molecule has 2 aromatic carbocycles. The Labute approximate surface area is 150 Å². The van der Waals surface area contributed by atoms with Gasteiger partial charge in [0.1, 0.15) is 11.6 Å². The van der Waals surface area contributed by atoms with Gasteiger partial charge in [0, 0.05) is 36.0 Å². The van der Waals surface area contributed by atoms with Gasteiger partial charge in [-0.15, -0.1) is 0 Å². The zero-order valence-corrected chi connectivity index (χ0v) is 14.3. The van der Waals surface area contributed by atoms with E-state index in [0.717, 1.165) is 5.56 Å². The van der Waals surface area contributed by atoms with Crippen LogP contribution < -0.4 is 0 Å². The van der Waals surface area contributed by atoms with E-state index < -0.39 is 0 Å². The molecule has 1 aliphatic rings. The van der Waals surface area contributed by atoms with Crippen molar-refractivity contribution in [2.24, 2.45) is 0 Å². The molecule has 1 aromatic heterocycles. The normalized spacial score (nSPS) is 14.5. The Kier molecular flexibility index (Phi) is 4.31. The fourth-order valence-electron chi connectivity index (χ4n) is 3.32. The van der Waals surface area contributed by atoms with Crippen LogP contribution in [0.1, 0.15) is 16.7 Å². The monoisotopic (exact) mass is 349 g/mol. The molecule has 0 unspecified atom stereocenters. The van der Waals surface area contributed by atoms with Gasteiger partial charge in [-0.25, -0.2) is 8.78 Å². The van der Waals surface area contributed by atoms with Gasteiger partial charge < -0.3 is 0 Å². The Balaban J connectivity index is 1.91. The first-order chi connectivity index (χ1) is 12.6. The molecule has 0 atom stereocenters. The van der Waals surface area contributed by atoms with Crippen LogP contribution in [0.5, 0.6) is 0 Å². The largest absolute Gasteiger partial charge is 0.298 e. The number of fused-ring (bicyclic) bond motifs is 1. The van der Waals surface area contributed by atoms with Crippen molar-refractivity contribution in [3.63, 3.8) is 0 Å². The van der Waals surface area contributed by atoms with Gasteiger partial charge >= 0.3 is 0 Å². The molecule has 2 heterocycles. The van der Waals surface area contributed by atoms with Crippen molar-refractivity contribution in [1.29, 1.82) is 0 Å². The summed E-state index contributed by atoms with van der Waals surface area (Å²) in [5, 5.41) is 7.93. The molecular weight excluding hydrogens is 332 g/mol. The number of rotatable bonds is 2. The topological polar surface area (TPSA) is 29.0 Å². The molecule has 5 heteroatoms. The van der Waals surface area contributed by atoms with E-state index in [1.807, 2.05) is 19.2 Å². The van der Waals surface area contributed by atoms with E-state index in [2.05, 4.69) is 15.1 Å². The predicted octanol–water partition coefficient (Wildman–Crippen LogP) is 4.30. The number of hydrogen-bond donors (Lipinski definition) is 0. The van der Waals surface area contributed by atoms with E-state index >= 15 is 4.39 Å². The fourth-order valence-corrected chi connectivity index (χ4v) is 3.32. The van der Waals surface area contributed by atoms with E-state index in [9.17, 15) is 4.39 Å². The second-order valence-electron chi connectivity index (χ2n) is 6.40. The number of nitrogens with zero attached hydrogens (tertiary/aromatic N) is 3. The fraction of sp³-hybridized carbons (Fsp3) is 0.143. The molecule has 0 N–H and O–H groups in total. The summed E-state index contributed by atoms with van der Waals surface area (Å²) in [6.07, 6.45) is 3.46. The van der Waals surface area contributed by atoms with Crippen LogP contribution in [0.25, 0.3) is 16.8 Å². The van der Waals surface area contributed by atoms with Crippen LogP contribution in [0.15, 0.2) is 60.8 Å². The molecule has 0 saturated carbocycles. The molecule has 0 bridgehead atoms. The van der Waals surface area contributed by atoms with Gasteiger partial charge in [-0.05, 0) is 48.5 Å². The van der Waals surface area contributed by atoms with E-state index in [-0.39, 0.29) is 11.6 Å². The number of hydrogen-bond acceptors (Lipinski definition) is 3. The number of aromatic nitrogens is 2. The Morgan fingerprint density at radius 3 is 2.62 bits per heavy atom. The zero-order chi connectivity index (χ0) is 18.1. The first kappa shape index (κ1) is 16.5. The predicted molar refractivity (Wildman–Crippen MR) is 97.2 cm³/mol. The van der Waals surface area contributed by atoms with E-state index in [1.165, 1.54) is 12.1 Å². The lowest BCUT2D eigenvalue weighted by Crippen LogP contribution is -2.16. The van der Waals surface area contributed by atoms with Crippen LogP contribution in [0.2, 0.25) is 0 Å². The van der Waals surface area contributed by atoms with Gasteiger partial charge in [0.05, 0.1) is 5.69 Å². The SMILES string of the molecule is CN1CC=C(c2ccccc2F)c2c(F)cc(-c3cccnn3)cc2C1. The first-order valence-electron chi connectivity index (χ1n) is 8.38. The summed E-state index contributed by atoms with van der Waals surface area (Å²) in [6, 6.07) is 13.4. The summed E-state index contributed by atoms with van der Waals surface area (Å²) < 4.78 is 29.5. The van der Waals surface area contributed by atoms with Gasteiger partial charge in [0.25, 0.3) is 0 Å². The van der Waals surface area contributed by atoms with Crippen molar-refractivity contribution in [3.05, 3.63) is 89.1 Å². The number of likely N-dealkylation sites (N-methyl/N-ethyl adjacent to an activating group) is 1. The highest BCUT2D eigenvalue weighted by Gasteiger charge is 2.22. The lowest BCUT2D eigenvalue weighted by atomic mass is 9.91. The van der Waals surface area contributed by atoms with E-state index in [1.54, 1.807) is 36.5 Å². The quantitative estimate of drug-likeness (QED) is 0.691.